The van der Waals surface area contributed by atoms with Crippen molar-refractivity contribution in [3.05, 3.63) is 77.5 Å². The second-order valence-corrected chi connectivity index (χ2v) is 6.24. The smallest absolute Gasteiger partial charge is 0.340 e. The Morgan fingerprint density at radius 2 is 1.81 bits per heavy atom. The number of benzene rings is 1. The summed E-state index contributed by atoms with van der Waals surface area (Å²) in [4.78, 5) is 38.2. The van der Waals surface area contributed by atoms with E-state index in [0.29, 0.717) is 24.3 Å². The fraction of sp³-hybridized carbons (Fsp3) is 0.150. The fourth-order valence-electron chi connectivity index (χ4n) is 2.24. The van der Waals surface area contributed by atoms with Crippen molar-refractivity contribution in [2.24, 2.45) is 0 Å². The Hall–Kier alpha value is -3.19. The van der Waals surface area contributed by atoms with E-state index in [2.05, 4.69) is 18.5 Å². The number of para-hydroxylation sites is 1. The zero-order valence-corrected chi connectivity index (χ0v) is 15.5. The zero-order chi connectivity index (χ0) is 19.6. The van der Waals surface area contributed by atoms with E-state index < -0.39 is 12.6 Å². The summed E-state index contributed by atoms with van der Waals surface area (Å²) in [5.74, 6) is -1.37. The minimum atomic E-state index is -0.693. The Labute approximate surface area is 161 Å². The first kappa shape index (κ1) is 20.1. The minimum Gasteiger partial charge on any atom is -0.452 e. The topological polar surface area (TPSA) is 75.7 Å². The SMILES string of the molecule is C=CCN(CC=C)C(=O)COC(=O)c1ccccc1NC(=O)c1ccsc1. The molecule has 2 rings (SSSR count). The van der Waals surface area contributed by atoms with Gasteiger partial charge in [0.2, 0.25) is 0 Å². The molecule has 0 aliphatic rings. The van der Waals surface area contributed by atoms with Gasteiger partial charge in [-0.2, -0.15) is 11.3 Å². The van der Waals surface area contributed by atoms with Crippen LogP contribution in [0.1, 0.15) is 20.7 Å². The molecule has 1 heterocycles. The van der Waals surface area contributed by atoms with Crippen LogP contribution < -0.4 is 5.32 Å². The number of carbonyl (C=O) groups excluding carboxylic acids is 3. The van der Waals surface area contributed by atoms with Crippen molar-refractivity contribution in [1.82, 2.24) is 4.90 Å². The van der Waals surface area contributed by atoms with E-state index in [1.807, 2.05) is 0 Å². The van der Waals surface area contributed by atoms with E-state index in [4.69, 9.17) is 4.74 Å². The molecule has 0 bridgehead atoms. The van der Waals surface area contributed by atoms with Gasteiger partial charge in [-0.3, -0.25) is 9.59 Å². The Balaban J connectivity index is 2.04. The van der Waals surface area contributed by atoms with Gasteiger partial charge in [0, 0.05) is 18.5 Å². The van der Waals surface area contributed by atoms with Crippen LogP contribution >= 0.6 is 11.3 Å². The number of esters is 1. The first-order valence-corrected chi connectivity index (χ1v) is 9.10. The Kier molecular flexibility index (Phi) is 7.51. The average Bonchev–Trinajstić information content (AvgIpc) is 3.21. The maximum absolute atomic E-state index is 12.4. The number of nitrogens with zero attached hydrogens (tertiary/aromatic N) is 1. The van der Waals surface area contributed by atoms with E-state index in [1.54, 1.807) is 47.2 Å². The Morgan fingerprint density at radius 3 is 2.44 bits per heavy atom. The lowest BCUT2D eigenvalue weighted by molar-refractivity contribution is -0.133. The second-order valence-electron chi connectivity index (χ2n) is 5.46. The molecular weight excluding hydrogens is 364 g/mol. The summed E-state index contributed by atoms with van der Waals surface area (Å²) >= 11 is 1.40. The lowest BCUT2D eigenvalue weighted by Gasteiger charge is -2.19. The molecule has 27 heavy (non-hydrogen) atoms. The Morgan fingerprint density at radius 1 is 1.11 bits per heavy atom. The van der Waals surface area contributed by atoms with Crippen molar-refractivity contribution in [2.75, 3.05) is 25.0 Å². The molecule has 0 unspecified atom stereocenters. The number of amides is 2. The highest BCUT2D eigenvalue weighted by Crippen LogP contribution is 2.18. The largest absolute Gasteiger partial charge is 0.452 e. The van der Waals surface area contributed by atoms with Crippen LogP contribution in [-0.4, -0.2) is 42.4 Å². The number of hydrogen-bond donors (Lipinski definition) is 1. The average molecular weight is 384 g/mol. The molecular formula is C20H20N2O4S. The number of carbonyl (C=O) groups is 3. The highest BCUT2D eigenvalue weighted by atomic mass is 32.1. The fourth-order valence-corrected chi connectivity index (χ4v) is 2.88. The number of rotatable bonds is 9. The van der Waals surface area contributed by atoms with Crippen LogP contribution in [0.4, 0.5) is 5.69 Å². The first-order valence-electron chi connectivity index (χ1n) is 8.16. The zero-order valence-electron chi connectivity index (χ0n) is 14.7. The summed E-state index contributed by atoms with van der Waals surface area (Å²) < 4.78 is 5.13. The van der Waals surface area contributed by atoms with Gasteiger partial charge < -0.3 is 15.0 Å². The van der Waals surface area contributed by atoms with Crippen molar-refractivity contribution in [3.8, 4) is 0 Å². The summed E-state index contributed by atoms with van der Waals surface area (Å²) in [5.41, 5.74) is 0.996. The number of ether oxygens (including phenoxy) is 1. The Bertz CT molecular complexity index is 820. The number of hydrogen-bond acceptors (Lipinski definition) is 5. The third-order valence-corrected chi connectivity index (χ3v) is 4.24. The van der Waals surface area contributed by atoms with Crippen molar-refractivity contribution in [1.29, 1.82) is 0 Å². The monoisotopic (exact) mass is 384 g/mol. The summed E-state index contributed by atoms with van der Waals surface area (Å²) in [6.45, 7) is 7.43. The molecule has 6 nitrogen and oxygen atoms in total. The van der Waals surface area contributed by atoms with Gasteiger partial charge in [-0.1, -0.05) is 24.3 Å². The van der Waals surface area contributed by atoms with Crippen LogP contribution in [0, 0.1) is 0 Å². The van der Waals surface area contributed by atoms with Crippen molar-refractivity contribution >= 4 is 34.8 Å². The lowest BCUT2D eigenvalue weighted by atomic mass is 10.1. The van der Waals surface area contributed by atoms with Crippen molar-refractivity contribution in [2.45, 2.75) is 0 Å². The van der Waals surface area contributed by atoms with Crippen LogP contribution in [0.2, 0.25) is 0 Å². The maximum atomic E-state index is 12.4. The van der Waals surface area contributed by atoms with Gasteiger partial charge in [0.1, 0.15) is 0 Å². The minimum absolute atomic E-state index is 0.174. The molecule has 2 aromatic rings. The molecule has 7 heteroatoms. The van der Waals surface area contributed by atoms with E-state index in [-0.39, 0.29) is 17.4 Å². The standard InChI is InChI=1S/C20H20N2O4S/c1-3-10-22(11-4-2)18(23)13-26-20(25)16-7-5-6-8-17(16)21-19(24)15-9-12-27-14-15/h3-9,12,14H,1-2,10-11,13H2,(H,21,24). The van der Waals surface area contributed by atoms with E-state index in [9.17, 15) is 14.4 Å². The lowest BCUT2D eigenvalue weighted by Crippen LogP contribution is -2.35. The molecule has 0 fully saturated rings. The summed E-state index contributed by atoms with van der Waals surface area (Å²) in [5, 5.41) is 6.19. The maximum Gasteiger partial charge on any atom is 0.340 e. The van der Waals surface area contributed by atoms with Crippen molar-refractivity contribution < 1.29 is 19.1 Å². The number of thiophene rings is 1. The second kappa shape index (κ2) is 10.1. The summed E-state index contributed by atoms with van der Waals surface area (Å²) in [6.07, 6.45) is 3.16. The van der Waals surface area contributed by atoms with Gasteiger partial charge in [-0.15, -0.1) is 13.2 Å². The molecule has 140 valence electrons. The molecule has 0 atom stereocenters. The highest BCUT2D eigenvalue weighted by Gasteiger charge is 2.18. The number of nitrogens with one attached hydrogen (secondary N) is 1. The summed E-state index contributed by atoms with van der Waals surface area (Å²) in [7, 11) is 0. The number of anilines is 1. The van der Waals surface area contributed by atoms with Crippen LogP contribution in [0.15, 0.2) is 66.4 Å². The quantitative estimate of drug-likeness (QED) is 0.531. The first-order chi connectivity index (χ1) is 13.1. The molecule has 2 amide bonds. The molecule has 0 saturated carbocycles. The molecule has 1 aromatic heterocycles. The van der Waals surface area contributed by atoms with Gasteiger partial charge in [0.25, 0.3) is 11.8 Å². The third-order valence-electron chi connectivity index (χ3n) is 3.56. The molecule has 0 saturated heterocycles. The van der Waals surface area contributed by atoms with E-state index >= 15 is 0 Å². The predicted octanol–water partition coefficient (Wildman–Crippen LogP) is 3.36. The molecule has 0 aliphatic heterocycles. The molecule has 1 aromatic carbocycles. The van der Waals surface area contributed by atoms with Gasteiger partial charge in [-0.25, -0.2) is 4.79 Å². The third kappa shape index (κ3) is 5.65. The van der Waals surface area contributed by atoms with Crippen LogP contribution in [0.25, 0.3) is 0 Å². The van der Waals surface area contributed by atoms with Gasteiger partial charge >= 0.3 is 5.97 Å². The molecule has 0 aliphatic carbocycles. The molecule has 1 N–H and O–H groups in total. The predicted molar refractivity (Wildman–Crippen MR) is 106 cm³/mol. The van der Waals surface area contributed by atoms with Crippen LogP contribution in [-0.2, 0) is 9.53 Å². The van der Waals surface area contributed by atoms with Crippen LogP contribution in [0.5, 0.6) is 0 Å². The molecule has 0 radical (unpaired) electrons. The van der Waals surface area contributed by atoms with Gasteiger partial charge in [0.15, 0.2) is 6.61 Å². The highest BCUT2D eigenvalue weighted by molar-refractivity contribution is 7.08. The van der Waals surface area contributed by atoms with Crippen LogP contribution in [0.3, 0.4) is 0 Å². The van der Waals surface area contributed by atoms with Crippen molar-refractivity contribution in [3.63, 3.8) is 0 Å². The molecule has 0 spiro atoms. The van der Waals surface area contributed by atoms with Gasteiger partial charge in [-0.05, 0) is 23.6 Å². The summed E-state index contributed by atoms with van der Waals surface area (Å²) in [6, 6.07) is 8.17. The van der Waals surface area contributed by atoms with E-state index in [1.165, 1.54) is 22.3 Å². The van der Waals surface area contributed by atoms with Gasteiger partial charge in [0.05, 0.1) is 16.8 Å². The normalized spacial score (nSPS) is 9.93. The van der Waals surface area contributed by atoms with E-state index in [0.717, 1.165) is 0 Å².